The normalized spacial score (nSPS) is 15.7. The van der Waals surface area contributed by atoms with Crippen LogP contribution in [0, 0.1) is 11.8 Å². The van der Waals surface area contributed by atoms with Gasteiger partial charge in [0.05, 0.1) is 4.90 Å². The lowest BCUT2D eigenvalue weighted by Crippen LogP contribution is -2.57. The van der Waals surface area contributed by atoms with Crippen LogP contribution in [0.5, 0.6) is 0 Å². The highest BCUT2D eigenvalue weighted by molar-refractivity contribution is 7.89. The monoisotopic (exact) mass is 494 g/mol. The third-order valence-corrected chi connectivity index (χ3v) is 8.10. The van der Waals surface area contributed by atoms with Gasteiger partial charge in [-0.05, 0) is 24.1 Å². The minimum Gasteiger partial charge on any atom is -0.340 e. The first kappa shape index (κ1) is 27.8. The number of nitrogens with one attached hydrogen (secondary N) is 1. The van der Waals surface area contributed by atoms with E-state index in [0.717, 1.165) is 0 Å². The predicted octanol–water partition coefficient (Wildman–Crippen LogP) is 1.80. The number of benzene rings is 1. The van der Waals surface area contributed by atoms with E-state index in [1.807, 2.05) is 27.7 Å². The fraction of sp³-hybridized carbons (Fsp3) is 0.625. The second-order valence-corrected chi connectivity index (χ2v) is 11.1. The summed E-state index contributed by atoms with van der Waals surface area (Å²) in [4.78, 5) is 41.9. The third kappa shape index (κ3) is 6.35. The first-order chi connectivity index (χ1) is 15.9. The molecule has 190 valence electrons. The Bertz CT molecular complexity index is 981. The van der Waals surface area contributed by atoms with Crippen molar-refractivity contribution >= 4 is 27.7 Å². The van der Waals surface area contributed by atoms with Crippen LogP contribution in [0.2, 0.25) is 0 Å². The average molecular weight is 495 g/mol. The zero-order chi connectivity index (χ0) is 25.6. The van der Waals surface area contributed by atoms with Gasteiger partial charge in [-0.15, -0.1) is 0 Å². The number of hydrogen-bond donors (Lipinski definition) is 1. The Morgan fingerprint density at radius 2 is 1.47 bits per heavy atom. The Kier molecular flexibility index (Phi) is 9.64. The first-order valence-corrected chi connectivity index (χ1v) is 13.4. The van der Waals surface area contributed by atoms with E-state index in [4.69, 9.17) is 0 Å². The standard InChI is InChI=1S/C24H38N4O5S/c1-7-28(8-2)34(32,33)20-11-9-10-19(16-20)22(29)25-21(17(3)4)24(31)27-14-12-26(13-15-27)23(30)18(5)6/h9-11,16-18,21H,7-8,12-15H2,1-6H3,(H,25,29). The minimum absolute atomic E-state index is 0.0437. The number of hydrogen-bond acceptors (Lipinski definition) is 5. The second kappa shape index (κ2) is 11.8. The summed E-state index contributed by atoms with van der Waals surface area (Å²) < 4.78 is 27.0. The van der Waals surface area contributed by atoms with Crippen LogP contribution in [0.1, 0.15) is 51.9 Å². The lowest BCUT2D eigenvalue weighted by molar-refractivity contribution is -0.142. The van der Waals surface area contributed by atoms with Crippen molar-refractivity contribution in [3.05, 3.63) is 29.8 Å². The fourth-order valence-electron chi connectivity index (χ4n) is 3.96. The van der Waals surface area contributed by atoms with Crippen LogP contribution in [-0.2, 0) is 19.6 Å². The number of sulfonamides is 1. The molecular formula is C24H38N4O5S. The molecule has 34 heavy (non-hydrogen) atoms. The molecule has 10 heteroatoms. The smallest absolute Gasteiger partial charge is 0.251 e. The number of piperazine rings is 1. The van der Waals surface area contributed by atoms with Gasteiger partial charge in [0.2, 0.25) is 21.8 Å². The number of carbonyl (C=O) groups excluding carboxylic acids is 3. The van der Waals surface area contributed by atoms with Crippen molar-refractivity contribution in [1.82, 2.24) is 19.4 Å². The van der Waals surface area contributed by atoms with Gasteiger partial charge in [-0.1, -0.05) is 47.6 Å². The molecule has 1 aliphatic heterocycles. The predicted molar refractivity (Wildman–Crippen MR) is 131 cm³/mol. The van der Waals surface area contributed by atoms with E-state index in [2.05, 4.69) is 5.32 Å². The van der Waals surface area contributed by atoms with E-state index in [1.165, 1.54) is 28.6 Å². The third-order valence-electron chi connectivity index (χ3n) is 6.06. The molecule has 3 amide bonds. The van der Waals surface area contributed by atoms with Gasteiger partial charge in [0.1, 0.15) is 6.04 Å². The minimum atomic E-state index is -3.71. The topological polar surface area (TPSA) is 107 Å². The summed E-state index contributed by atoms with van der Waals surface area (Å²) in [5.41, 5.74) is 0.180. The molecule has 1 heterocycles. The van der Waals surface area contributed by atoms with E-state index in [9.17, 15) is 22.8 Å². The van der Waals surface area contributed by atoms with Crippen molar-refractivity contribution in [2.24, 2.45) is 11.8 Å². The van der Waals surface area contributed by atoms with E-state index in [1.54, 1.807) is 23.6 Å². The lowest BCUT2D eigenvalue weighted by Gasteiger charge is -2.38. The average Bonchev–Trinajstić information content (AvgIpc) is 2.82. The maximum Gasteiger partial charge on any atom is 0.251 e. The summed E-state index contributed by atoms with van der Waals surface area (Å²) in [7, 11) is -3.71. The molecule has 0 radical (unpaired) electrons. The molecule has 1 aromatic rings. The largest absolute Gasteiger partial charge is 0.340 e. The maximum absolute atomic E-state index is 13.2. The van der Waals surface area contributed by atoms with Gasteiger partial charge in [0.25, 0.3) is 5.91 Å². The van der Waals surface area contributed by atoms with Crippen molar-refractivity contribution in [1.29, 1.82) is 0 Å². The molecule has 1 atom stereocenters. The van der Waals surface area contributed by atoms with Gasteiger partial charge in [-0.25, -0.2) is 8.42 Å². The van der Waals surface area contributed by atoms with Gasteiger partial charge >= 0.3 is 0 Å². The first-order valence-electron chi connectivity index (χ1n) is 11.9. The molecule has 0 aromatic heterocycles. The molecule has 0 saturated carbocycles. The Morgan fingerprint density at radius 1 is 0.941 bits per heavy atom. The van der Waals surface area contributed by atoms with Crippen LogP contribution in [0.3, 0.4) is 0 Å². The van der Waals surface area contributed by atoms with E-state index in [-0.39, 0.29) is 34.1 Å². The molecule has 1 fully saturated rings. The van der Waals surface area contributed by atoms with Gasteiger partial charge in [0, 0.05) is 50.7 Å². The van der Waals surface area contributed by atoms with Crippen molar-refractivity contribution < 1.29 is 22.8 Å². The molecule has 1 aromatic carbocycles. The van der Waals surface area contributed by atoms with Gasteiger partial charge in [-0.3, -0.25) is 14.4 Å². The summed E-state index contributed by atoms with van der Waals surface area (Å²) in [6, 6.07) is 5.12. The SMILES string of the molecule is CCN(CC)S(=O)(=O)c1cccc(C(=O)NC(C(=O)N2CCN(C(=O)C(C)C)CC2)C(C)C)c1. The molecule has 1 unspecified atom stereocenters. The Hall–Kier alpha value is -2.46. The summed E-state index contributed by atoms with van der Waals surface area (Å²) in [6.07, 6.45) is 0. The number of nitrogens with zero attached hydrogens (tertiary/aromatic N) is 3. The van der Waals surface area contributed by atoms with Gasteiger partial charge in [-0.2, -0.15) is 4.31 Å². The van der Waals surface area contributed by atoms with Crippen molar-refractivity contribution in [3.8, 4) is 0 Å². The molecule has 0 bridgehead atoms. The number of amides is 3. The molecule has 1 N–H and O–H groups in total. The van der Waals surface area contributed by atoms with Gasteiger partial charge in [0.15, 0.2) is 0 Å². The molecule has 1 aliphatic rings. The van der Waals surface area contributed by atoms with Crippen LogP contribution in [0.4, 0.5) is 0 Å². The Labute approximate surface area is 203 Å². The maximum atomic E-state index is 13.2. The summed E-state index contributed by atoms with van der Waals surface area (Å²) in [6.45, 7) is 13.3. The highest BCUT2D eigenvalue weighted by atomic mass is 32.2. The lowest BCUT2D eigenvalue weighted by atomic mass is 10.0. The molecule has 1 saturated heterocycles. The highest BCUT2D eigenvalue weighted by Crippen LogP contribution is 2.18. The van der Waals surface area contributed by atoms with E-state index >= 15 is 0 Å². The summed E-state index contributed by atoms with van der Waals surface area (Å²) >= 11 is 0. The van der Waals surface area contributed by atoms with Crippen LogP contribution >= 0.6 is 0 Å². The number of carbonyl (C=O) groups is 3. The summed E-state index contributed by atoms with van der Waals surface area (Å²) in [5, 5.41) is 2.80. The molecule has 0 aliphatic carbocycles. The summed E-state index contributed by atoms with van der Waals surface area (Å²) in [5.74, 6) is -0.898. The zero-order valence-corrected chi connectivity index (χ0v) is 21.9. The zero-order valence-electron chi connectivity index (χ0n) is 21.1. The molecular weight excluding hydrogens is 456 g/mol. The van der Waals surface area contributed by atoms with Crippen LogP contribution in [0.15, 0.2) is 29.2 Å². The molecule has 2 rings (SSSR count). The van der Waals surface area contributed by atoms with E-state index in [0.29, 0.717) is 39.3 Å². The molecule has 9 nitrogen and oxygen atoms in total. The van der Waals surface area contributed by atoms with Crippen LogP contribution < -0.4 is 5.32 Å². The van der Waals surface area contributed by atoms with Crippen molar-refractivity contribution in [3.63, 3.8) is 0 Å². The second-order valence-electron chi connectivity index (χ2n) is 9.12. The Morgan fingerprint density at radius 3 is 1.94 bits per heavy atom. The van der Waals surface area contributed by atoms with Gasteiger partial charge < -0.3 is 15.1 Å². The Balaban J connectivity index is 2.14. The number of rotatable bonds is 9. The quantitative estimate of drug-likeness (QED) is 0.563. The van der Waals surface area contributed by atoms with Crippen molar-refractivity contribution in [2.75, 3.05) is 39.3 Å². The highest BCUT2D eigenvalue weighted by Gasteiger charge is 2.32. The van der Waals surface area contributed by atoms with Crippen LogP contribution in [0.25, 0.3) is 0 Å². The van der Waals surface area contributed by atoms with E-state index < -0.39 is 22.0 Å². The van der Waals surface area contributed by atoms with Crippen LogP contribution in [-0.4, -0.2) is 85.6 Å². The molecule has 0 spiro atoms. The van der Waals surface area contributed by atoms with Crippen molar-refractivity contribution in [2.45, 2.75) is 52.5 Å². The fourth-order valence-corrected chi connectivity index (χ4v) is 5.46.